The molecule has 0 radical (unpaired) electrons. The van der Waals surface area contributed by atoms with Crippen LogP contribution in [0.2, 0.25) is 0 Å². The molecule has 33 heavy (non-hydrogen) atoms. The second-order valence-corrected chi connectivity index (χ2v) is 10.3. The van der Waals surface area contributed by atoms with Gasteiger partial charge in [0.15, 0.2) is 0 Å². The predicted octanol–water partition coefficient (Wildman–Crippen LogP) is 8.43. The zero-order valence-corrected chi connectivity index (χ0v) is 21.4. The van der Waals surface area contributed by atoms with Crippen molar-refractivity contribution in [3.63, 3.8) is 0 Å². The lowest BCUT2D eigenvalue weighted by molar-refractivity contribution is -0.116. The van der Waals surface area contributed by atoms with Crippen LogP contribution in [-0.4, -0.2) is 10.9 Å². The highest BCUT2D eigenvalue weighted by Gasteiger charge is 2.25. The van der Waals surface area contributed by atoms with Gasteiger partial charge >= 0.3 is 0 Å². The van der Waals surface area contributed by atoms with E-state index in [4.69, 9.17) is 4.98 Å². The monoisotopic (exact) mass is 452 g/mol. The molecule has 0 saturated carbocycles. The minimum Gasteiger partial charge on any atom is -0.325 e. The average molecular weight is 453 g/mol. The third-order valence-corrected chi connectivity index (χ3v) is 7.43. The van der Waals surface area contributed by atoms with Gasteiger partial charge in [-0.1, -0.05) is 70.4 Å². The van der Waals surface area contributed by atoms with Crippen LogP contribution in [0.1, 0.15) is 139 Å². The minimum atomic E-state index is 0.209. The molecule has 0 atom stereocenters. The molecule has 2 aliphatic carbocycles. The first kappa shape index (κ1) is 26.0. The molecule has 1 N–H and O–H groups in total. The number of aromatic nitrogens is 1. The van der Waals surface area contributed by atoms with Crippen LogP contribution in [0.15, 0.2) is 12.2 Å². The van der Waals surface area contributed by atoms with Gasteiger partial charge in [-0.15, -0.1) is 0 Å². The maximum Gasteiger partial charge on any atom is 0.224 e. The second kappa shape index (κ2) is 15.3. The van der Waals surface area contributed by atoms with Gasteiger partial charge in [-0.3, -0.25) is 9.78 Å². The number of allylic oxidation sites excluding steroid dienone is 2. The number of pyridine rings is 1. The largest absolute Gasteiger partial charge is 0.325 e. The molecule has 0 bridgehead atoms. The first-order chi connectivity index (χ1) is 16.3. The number of aryl methyl sites for hydroxylation is 2. The summed E-state index contributed by atoms with van der Waals surface area (Å²) in [4.78, 5) is 17.6. The Bertz CT molecular complexity index is 752. The van der Waals surface area contributed by atoms with E-state index in [9.17, 15) is 4.79 Å². The van der Waals surface area contributed by atoms with E-state index >= 15 is 0 Å². The maximum atomic E-state index is 12.7. The quantitative estimate of drug-likeness (QED) is 0.202. The Morgan fingerprint density at radius 3 is 1.97 bits per heavy atom. The van der Waals surface area contributed by atoms with Crippen molar-refractivity contribution in [2.45, 2.75) is 142 Å². The van der Waals surface area contributed by atoms with Crippen LogP contribution in [0, 0.1) is 0 Å². The molecule has 2 aliphatic rings. The van der Waals surface area contributed by atoms with Crippen LogP contribution < -0.4 is 5.32 Å². The van der Waals surface area contributed by atoms with E-state index in [1.54, 1.807) is 0 Å². The highest BCUT2D eigenvalue weighted by Crippen LogP contribution is 2.36. The summed E-state index contributed by atoms with van der Waals surface area (Å²) in [5.74, 6) is 0.209. The number of anilines is 1. The molecule has 0 spiro atoms. The number of hydrogen-bond donors (Lipinski definition) is 1. The van der Waals surface area contributed by atoms with E-state index in [0.717, 1.165) is 37.8 Å². The highest BCUT2D eigenvalue weighted by atomic mass is 16.1. The van der Waals surface area contributed by atoms with E-state index < -0.39 is 0 Å². The number of fused-ring (bicyclic) bond motifs is 2. The summed E-state index contributed by atoms with van der Waals surface area (Å²) in [6, 6.07) is 0. The molecule has 3 rings (SSSR count). The number of unbranched alkanes of at least 4 members (excludes halogenated alkanes) is 11. The van der Waals surface area contributed by atoms with Crippen LogP contribution in [-0.2, 0) is 30.5 Å². The number of carbonyl (C=O) groups excluding carboxylic acids is 1. The van der Waals surface area contributed by atoms with Crippen LogP contribution in [0.3, 0.4) is 0 Å². The SMILES string of the molecule is CCCCCCCCC=CCCCCCCCC(=O)Nc1c2c(nc3c1CCC3)CCCC2. The number of hydrogen-bond acceptors (Lipinski definition) is 2. The first-order valence-electron chi connectivity index (χ1n) is 14.3. The van der Waals surface area contributed by atoms with Crippen molar-refractivity contribution in [2.24, 2.45) is 0 Å². The number of rotatable bonds is 16. The van der Waals surface area contributed by atoms with Crippen LogP contribution in [0.25, 0.3) is 0 Å². The smallest absolute Gasteiger partial charge is 0.224 e. The second-order valence-electron chi connectivity index (χ2n) is 10.3. The van der Waals surface area contributed by atoms with Crippen molar-refractivity contribution in [3.8, 4) is 0 Å². The Labute approximate surface area is 203 Å². The molecule has 0 saturated heterocycles. The zero-order valence-electron chi connectivity index (χ0n) is 21.4. The summed E-state index contributed by atoms with van der Waals surface area (Å²) in [7, 11) is 0. The first-order valence-corrected chi connectivity index (χ1v) is 14.3. The number of nitrogens with one attached hydrogen (secondary N) is 1. The molecule has 3 nitrogen and oxygen atoms in total. The molecule has 0 unspecified atom stereocenters. The third kappa shape index (κ3) is 8.91. The van der Waals surface area contributed by atoms with E-state index in [0.29, 0.717) is 6.42 Å². The Kier molecular flexibility index (Phi) is 12.0. The fraction of sp³-hybridized carbons (Fsp3) is 0.733. The van der Waals surface area contributed by atoms with Crippen LogP contribution >= 0.6 is 0 Å². The number of nitrogens with zero attached hydrogens (tertiary/aromatic N) is 1. The number of carbonyl (C=O) groups is 1. The number of amides is 1. The summed E-state index contributed by atoms with van der Waals surface area (Å²) in [6.07, 6.45) is 30.2. The molecule has 0 fully saturated rings. The van der Waals surface area contributed by atoms with Gasteiger partial charge < -0.3 is 5.32 Å². The summed E-state index contributed by atoms with van der Waals surface area (Å²) >= 11 is 0. The van der Waals surface area contributed by atoms with Crippen molar-refractivity contribution in [2.75, 3.05) is 5.32 Å². The summed E-state index contributed by atoms with van der Waals surface area (Å²) < 4.78 is 0. The van der Waals surface area contributed by atoms with Crippen LogP contribution in [0.5, 0.6) is 0 Å². The Hall–Kier alpha value is -1.64. The van der Waals surface area contributed by atoms with E-state index in [1.807, 2.05) is 0 Å². The standard InChI is InChI=1S/C30H48N2O/c1-2-3-4-5-6-7-8-9-10-11-12-13-14-15-16-24-29(33)32-30-25-20-17-18-22-27(25)31-28-23-19-21-26(28)30/h9-10H,2-8,11-24H2,1H3,(H,31,32,33). The normalized spacial score (nSPS) is 15.1. The van der Waals surface area contributed by atoms with E-state index in [1.165, 1.54) is 119 Å². The van der Waals surface area contributed by atoms with Gasteiger partial charge in [0.25, 0.3) is 0 Å². The molecule has 1 heterocycles. The van der Waals surface area contributed by atoms with Crippen molar-refractivity contribution < 1.29 is 4.79 Å². The molecule has 1 amide bonds. The van der Waals surface area contributed by atoms with Crippen molar-refractivity contribution >= 4 is 11.6 Å². The molecule has 0 aliphatic heterocycles. The molecular formula is C30H48N2O. The van der Waals surface area contributed by atoms with Crippen LogP contribution in [0.4, 0.5) is 5.69 Å². The Morgan fingerprint density at radius 1 is 0.727 bits per heavy atom. The summed E-state index contributed by atoms with van der Waals surface area (Å²) in [6.45, 7) is 2.28. The van der Waals surface area contributed by atoms with E-state index in [2.05, 4.69) is 24.4 Å². The topological polar surface area (TPSA) is 42.0 Å². The lowest BCUT2D eigenvalue weighted by atomic mass is 9.92. The fourth-order valence-electron chi connectivity index (χ4n) is 5.46. The van der Waals surface area contributed by atoms with Gasteiger partial charge in [0.1, 0.15) is 0 Å². The lowest BCUT2D eigenvalue weighted by Gasteiger charge is -2.22. The maximum absolute atomic E-state index is 12.7. The van der Waals surface area contributed by atoms with Gasteiger partial charge in [0, 0.05) is 17.8 Å². The molecule has 184 valence electrons. The zero-order chi connectivity index (χ0) is 23.1. The Morgan fingerprint density at radius 2 is 1.27 bits per heavy atom. The lowest BCUT2D eigenvalue weighted by Crippen LogP contribution is -2.18. The van der Waals surface area contributed by atoms with Gasteiger partial charge in [0.05, 0.1) is 5.69 Å². The van der Waals surface area contributed by atoms with Gasteiger partial charge in [-0.25, -0.2) is 0 Å². The molecular weight excluding hydrogens is 404 g/mol. The van der Waals surface area contributed by atoms with Gasteiger partial charge in [0.2, 0.25) is 5.91 Å². The average Bonchev–Trinajstić information content (AvgIpc) is 3.30. The predicted molar refractivity (Wildman–Crippen MR) is 141 cm³/mol. The third-order valence-electron chi connectivity index (χ3n) is 7.43. The molecule has 1 aromatic rings. The van der Waals surface area contributed by atoms with Crippen molar-refractivity contribution in [3.05, 3.63) is 34.7 Å². The van der Waals surface area contributed by atoms with Crippen molar-refractivity contribution in [1.29, 1.82) is 0 Å². The molecule has 0 aromatic carbocycles. The molecule has 1 aromatic heterocycles. The highest BCUT2D eigenvalue weighted by molar-refractivity contribution is 5.92. The summed E-state index contributed by atoms with van der Waals surface area (Å²) in [5, 5.41) is 3.33. The minimum absolute atomic E-state index is 0.209. The molecule has 3 heteroatoms. The summed E-state index contributed by atoms with van der Waals surface area (Å²) in [5.41, 5.74) is 6.36. The van der Waals surface area contributed by atoms with Gasteiger partial charge in [-0.05, 0) is 88.2 Å². The van der Waals surface area contributed by atoms with E-state index in [-0.39, 0.29) is 5.91 Å². The Balaban J connectivity index is 1.24. The van der Waals surface area contributed by atoms with Gasteiger partial charge in [-0.2, -0.15) is 0 Å². The van der Waals surface area contributed by atoms with Crippen molar-refractivity contribution in [1.82, 2.24) is 4.98 Å². The fourth-order valence-corrected chi connectivity index (χ4v) is 5.46.